The van der Waals surface area contributed by atoms with Crippen LogP contribution in [0.3, 0.4) is 0 Å². The lowest BCUT2D eigenvalue weighted by atomic mass is 10.2. The lowest BCUT2D eigenvalue weighted by molar-refractivity contribution is -0.138. The maximum atomic E-state index is 14.6. The highest BCUT2D eigenvalue weighted by atomic mass is 19.4. The number of benzene rings is 2. The number of carbonyl (C=O) groups is 2. The number of alkyl halides is 3. The minimum atomic E-state index is -5.02. The molecular weight excluding hydrogens is 474 g/mol. The fourth-order valence-electron chi connectivity index (χ4n) is 3.12. The molecule has 2 aromatic carbocycles. The van der Waals surface area contributed by atoms with E-state index in [4.69, 9.17) is 9.84 Å². The Kier molecular flexibility index (Phi) is 7.05. The summed E-state index contributed by atoms with van der Waals surface area (Å²) < 4.78 is 91.1. The number of rotatable bonds is 7. The zero-order valence-corrected chi connectivity index (χ0v) is 17.3. The SMILES string of the molecule is COC(=O)C1=C(Nc2c(F)cccc2Oc2c(F)cc(C(F)(F)F)cc2F)C(=O)N(CCO)C1. The number of aliphatic hydroxyl groups is 1. The van der Waals surface area contributed by atoms with Gasteiger partial charge in [0.25, 0.3) is 5.91 Å². The van der Waals surface area contributed by atoms with Gasteiger partial charge in [-0.25, -0.2) is 18.0 Å². The molecule has 0 saturated carbocycles. The van der Waals surface area contributed by atoms with Crippen LogP contribution < -0.4 is 10.1 Å². The average Bonchev–Trinajstić information content (AvgIpc) is 3.07. The number of nitrogens with one attached hydrogen (secondary N) is 1. The van der Waals surface area contributed by atoms with E-state index in [1.165, 1.54) is 0 Å². The summed E-state index contributed by atoms with van der Waals surface area (Å²) in [6.45, 7) is -0.873. The molecule has 1 amide bonds. The molecule has 0 fully saturated rings. The third kappa shape index (κ3) is 4.93. The Labute approximate surface area is 188 Å². The van der Waals surface area contributed by atoms with Gasteiger partial charge >= 0.3 is 12.1 Å². The van der Waals surface area contributed by atoms with Crippen molar-refractivity contribution in [2.45, 2.75) is 6.18 Å². The number of para-hydroxylation sites is 1. The molecule has 0 bridgehead atoms. The molecule has 0 aromatic heterocycles. The van der Waals surface area contributed by atoms with Crippen LogP contribution in [0, 0.1) is 17.5 Å². The molecule has 0 aliphatic carbocycles. The molecule has 1 aliphatic heterocycles. The van der Waals surface area contributed by atoms with Crippen molar-refractivity contribution in [1.82, 2.24) is 4.90 Å². The highest BCUT2D eigenvalue weighted by molar-refractivity contribution is 6.08. The normalized spacial score (nSPS) is 14.0. The van der Waals surface area contributed by atoms with Crippen molar-refractivity contribution in [2.24, 2.45) is 0 Å². The van der Waals surface area contributed by atoms with Crippen LogP contribution >= 0.6 is 0 Å². The number of anilines is 1. The highest BCUT2D eigenvalue weighted by Crippen LogP contribution is 2.39. The molecule has 1 heterocycles. The number of aliphatic hydroxyl groups excluding tert-OH is 1. The highest BCUT2D eigenvalue weighted by Gasteiger charge is 2.36. The zero-order chi connectivity index (χ0) is 25.2. The molecule has 7 nitrogen and oxygen atoms in total. The predicted octanol–water partition coefficient (Wildman–Crippen LogP) is 3.59. The van der Waals surface area contributed by atoms with Gasteiger partial charge in [-0.05, 0) is 24.3 Å². The maximum absolute atomic E-state index is 14.6. The van der Waals surface area contributed by atoms with E-state index in [2.05, 4.69) is 10.1 Å². The third-order valence-electron chi connectivity index (χ3n) is 4.72. The molecule has 0 unspecified atom stereocenters. The van der Waals surface area contributed by atoms with Crippen molar-refractivity contribution in [3.63, 3.8) is 0 Å². The van der Waals surface area contributed by atoms with Gasteiger partial charge in [0, 0.05) is 6.54 Å². The number of methoxy groups -OCH3 is 1. The van der Waals surface area contributed by atoms with Crippen molar-refractivity contribution < 1.29 is 50.5 Å². The number of carbonyl (C=O) groups excluding carboxylic acids is 2. The first-order valence-corrected chi connectivity index (χ1v) is 9.49. The minimum absolute atomic E-state index is 0.00988. The molecule has 0 radical (unpaired) electrons. The Morgan fingerprint density at radius 3 is 2.35 bits per heavy atom. The number of nitrogens with zero attached hydrogens (tertiary/aromatic N) is 1. The van der Waals surface area contributed by atoms with Crippen LogP contribution in [0.1, 0.15) is 5.56 Å². The molecule has 0 saturated heterocycles. The largest absolute Gasteiger partial charge is 0.466 e. The van der Waals surface area contributed by atoms with Gasteiger partial charge in [-0.3, -0.25) is 4.79 Å². The van der Waals surface area contributed by atoms with E-state index in [1.807, 2.05) is 0 Å². The third-order valence-corrected chi connectivity index (χ3v) is 4.72. The second kappa shape index (κ2) is 9.63. The van der Waals surface area contributed by atoms with E-state index in [1.54, 1.807) is 0 Å². The van der Waals surface area contributed by atoms with Gasteiger partial charge in [-0.2, -0.15) is 13.2 Å². The predicted molar refractivity (Wildman–Crippen MR) is 104 cm³/mol. The number of β-amino-alcohol motifs (C(OH)–C–C–N with tert-alkyl or cyclic N) is 1. The topological polar surface area (TPSA) is 88.1 Å². The summed E-state index contributed by atoms with van der Waals surface area (Å²) in [6, 6.07) is 3.04. The molecule has 2 aromatic rings. The summed E-state index contributed by atoms with van der Waals surface area (Å²) in [7, 11) is 1.04. The molecule has 2 N–H and O–H groups in total. The lowest BCUT2D eigenvalue weighted by Gasteiger charge is -2.17. The van der Waals surface area contributed by atoms with Crippen LogP contribution in [0.4, 0.5) is 32.0 Å². The first kappa shape index (κ1) is 24.9. The number of esters is 1. The zero-order valence-electron chi connectivity index (χ0n) is 17.3. The van der Waals surface area contributed by atoms with Crippen molar-refractivity contribution in [3.05, 3.63) is 64.6 Å². The van der Waals surface area contributed by atoms with Crippen LogP contribution in [0.25, 0.3) is 0 Å². The quantitative estimate of drug-likeness (QED) is 0.456. The number of amides is 1. The van der Waals surface area contributed by atoms with Crippen molar-refractivity contribution >= 4 is 17.6 Å². The first-order chi connectivity index (χ1) is 16.0. The molecule has 0 spiro atoms. The Morgan fingerprint density at radius 2 is 1.79 bits per heavy atom. The summed E-state index contributed by atoms with van der Waals surface area (Å²) in [5.74, 6) is -8.07. The molecule has 0 atom stereocenters. The second-order valence-corrected chi connectivity index (χ2v) is 6.90. The van der Waals surface area contributed by atoms with Gasteiger partial charge in [0.05, 0.1) is 31.4 Å². The summed E-state index contributed by atoms with van der Waals surface area (Å²) in [4.78, 5) is 25.8. The average molecular weight is 490 g/mol. The van der Waals surface area contributed by atoms with E-state index in [0.717, 1.165) is 30.2 Å². The van der Waals surface area contributed by atoms with E-state index in [0.29, 0.717) is 0 Å². The van der Waals surface area contributed by atoms with E-state index in [-0.39, 0.29) is 30.8 Å². The molecule has 182 valence electrons. The number of hydrogen-bond acceptors (Lipinski definition) is 6. The summed E-state index contributed by atoms with van der Waals surface area (Å²) in [6.07, 6.45) is -5.02. The Morgan fingerprint density at radius 1 is 1.15 bits per heavy atom. The van der Waals surface area contributed by atoms with E-state index in [9.17, 15) is 35.9 Å². The second-order valence-electron chi connectivity index (χ2n) is 6.90. The van der Waals surface area contributed by atoms with Gasteiger partial charge in [0.1, 0.15) is 17.2 Å². The Balaban J connectivity index is 2.02. The number of hydrogen-bond donors (Lipinski definition) is 2. The maximum Gasteiger partial charge on any atom is 0.416 e. The fraction of sp³-hybridized carbons (Fsp3) is 0.238. The summed E-state index contributed by atoms with van der Waals surface area (Å²) >= 11 is 0. The van der Waals surface area contributed by atoms with Crippen LogP contribution in [0.15, 0.2) is 41.6 Å². The van der Waals surface area contributed by atoms with E-state index >= 15 is 0 Å². The van der Waals surface area contributed by atoms with Gasteiger partial charge in [0.2, 0.25) is 0 Å². The summed E-state index contributed by atoms with van der Waals surface area (Å²) in [5, 5.41) is 11.5. The number of ether oxygens (including phenoxy) is 2. The monoisotopic (exact) mass is 490 g/mol. The first-order valence-electron chi connectivity index (χ1n) is 9.49. The van der Waals surface area contributed by atoms with Gasteiger partial charge in [-0.1, -0.05) is 6.07 Å². The van der Waals surface area contributed by atoms with Crippen LogP contribution in [0.2, 0.25) is 0 Å². The van der Waals surface area contributed by atoms with Crippen molar-refractivity contribution in [1.29, 1.82) is 0 Å². The number of halogens is 6. The lowest BCUT2D eigenvalue weighted by Crippen LogP contribution is -2.31. The van der Waals surface area contributed by atoms with Crippen molar-refractivity contribution in [3.8, 4) is 11.5 Å². The summed E-state index contributed by atoms with van der Waals surface area (Å²) in [5.41, 5.74) is -2.89. The molecule has 34 heavy (non-hydrogen) atoms. The van der Waals surface area contributed by atoms with Crippen LogP contribution in [0.5, 0.6) is 11.5 Å². The van der Waals surface area contributed by atoms with Crippen LogP contribution in [-0.4, -0.2) is 48.7 Å². The van der Waals surface area contributed by atoms with Gasteiger partial charge < -0.3 is 24.8 Å². The molecule has 1 aliphatic rings. The van der Waals surface area contributed by atoms with Crippen LogP contribution in [-0.2, 0) is 20.5 Å². The molecule has 13 heteroatoms. The Bertz CT molecular complexity index is 1140. The van der Waals surface area contributed by atoms with E-state index < -0.39 is 70.6 Å². The van der Waals surface area contributed by atoms with Gasteiger partial charge in [0.15, 0.2) is 23.1 Å². The van der Waals surface area contributed by atoms with Crippen molar-refractivity contribution in [2.75, 3.05) is 32.1 Å². The van der Waals surface area contributed by atoms with Gasteiger partial charge in [-0.15, -0.1) is 0 Å². The minimum Gasteiger partial charge on any atom is -0.466 e. The Hall–Kier alpha value is -3.74. The molecular formula is C21H16F6N2O5. The standard InChI is InChI=1S/C21H16F6N2O5/c1-33-20(32)11-9-29(5-6-30)19(31)16(11)28-17-12(22)3-2-4-15(17)34-18-13(23)7-10(8-14(18)24)21(25,26)27/h2-4,7-8,28,30H,5-6,9H2,1H3. The molecule has 3 rings (SSSR count). The fourth-order valence-corrected chi connectivity index (χ4v) is 3.12. The smallest absolute Gasteiger partial charge is 0.416 e.